The molecule has 2 aliphatic rings. The van der Waals surface area contributed by atoms with Gasteiger partial charge in [-0.25, -0.2) is 28.5 Å². The van der Waals surface area contributed by atoms with Crippen molar-refractivity contribution in [1.82, 2.24) is 24.9 Å². The first-order chi connectivity index (χ1) is 19.5. The van der Waals surface area contributed by atoms with Crippen LogP contribution < -0.4 is 19.7 Å². The predicted molar refractivity (Wildman–Crippen MR) is 146 cm³/mol. The van der Waals surface area contributed by atoms with Gasteiger partial charge < -0.3 is 29.2 Å². The number of esters is 1. The standard InChI is InChI=1S/C28H35FN6O6/c1-6-38-26(36)19-13-32-35-15-22-24(33-23(19)35)34(20-8-7-9-21(20)40-22)14-17-10-18(29)12-30-25(17)39-16(2)11-31-27(37)41-28(3,4)5/h10,12-13,15-16,20-21H,6-9,11,14H2,1-5H3,(H,31,37)/t16-,20+,21-/m0/s1. The number of rotatable bonds is 8. The summed E-state index contributed by atoms with van der Waals surface area (Å²) in [6.45, 7) is 9.47. The van der Waals surface area contributed by atoms with Gasteiger partial charge in [-0.15, -0.1) is 0 Å². The lowest BCUT2D eigenvalue weighted by Gasteiger charge is -2.39. The maximum absolute atomic E-state index is 14.5. The molecule has 0 radical (unpaired) electrons. The highest BCUT2D eigenvalue weighted by atomic mass is 19.1. The van der Waals surface area contributed by atoms with Gasteiger partial charge in [0.1, 0.15) is 29.2 Å². The Morgan fingerprint density at radius 1 is 1.27 bits per heavy atom. The molecule has 5 rings (SSSR count). The number of amides is 1. The van der Waals surface area contributed by atoms with Crippen LogP contribution in [-0.2, 0) is 16.0 Å². The second-order valence-electron chi connectivity index (χ2n) is 11.2. The largest absolute Gasteiger partial charge is 0.483 e. The molecule has 41 heavy (non-hydrogen) atoms. The Bertz CT molecular complexity index is 1440. The van der Waals surface area contributed by atoms with Crippen LogP contribution in [0.15, 0.2) is 24.7 Å². The molecule has 13 heteroatoms. The van der Waals surface area contributed by atoms with Crippen LogP contribution in [0.4, 0.5) is 15.0 Å². The molecule has 1 amide bonds. The molecule has 3 atom stereocenters. The summed E-state index contributed by atoms with van der Waals surface area (Å²) in [5, 5.41) is 6.95. The average molecular weight is 571 g/mol. The highest BCUT2D eigenvalue weighted by Crippen LogP contribution is 2.42. The zero-order valence-corrected chi connectivity index (χ0v) is 23.8. The number of carbonyl (C=O) groups is 2. The predicted octanol–water partition coefficient (Wildman–Crippen LogP) is 4.05. The van der Waals surface area contributed by atoms with Crippen LogP contribution in [0, 0.1) is 5.82 Å². The summed E-state index contributed by atoms with van der Waals surface area (Å²) in [5.41, 5.74) is 0.460. The van der Waals surface area contributed by atoms with E-state index in [2.05, 4.69) is 20.3 Å². The Balaban J connectivity index is 1.42. The first-order valence-electron chi connectivity index (χ1n) is 13.8. The van der Waals surface area contributed by atoms with Gasteiger partial charge in [-0.1, -0.05) is 0 Å². The first kappa shape index (κ1) is 28.4. The van der Waals surface area contributed by atoms with Crippen LogP contribution >= 0.6 is 0 Å². The number of fused-ring (bicyclic) bond motifs is 3. The minimum Gasteiger partial charge on any atom is -0.483 e. The third-order valence-electron chi connectivity index (χ3n) is 6.78. The number of hydrogen-bond donors (Lipinski definition) is 1. The van der Waals surface area contributed by atoms with Crippen molar-refractivity contribution in [2.75, 3.05) is 18.1 Å². The summed E-state index contributed by atoms with van der Waals surface area (Å²) in [5.74, 6) is 0.246. The number of pyridine rings is 1. The zero-order valence-electron chi connectivity index (χ0n) is 23.8. The van der Waals surface area contributed by atoms with E-state index >= 15 is 0 Å². The Morgan fingerprint density at radius 3 is 2.83 bits per heavy atom. The van der Waals surface area contributed by atoms with E-state index in [0.717, 1.165) is 25.5 Å². The van der Waals surface area contributed by atoms with Crippen LogP contribution in [0.1, 0.15) is 69.8 Å². The number of hydrogen-bond acceptors (Lipinski definition) is 10. The zero-order chi connectivity index (χ0) is 29.3. The van der Waals surface area contributed by atoms with Gasteiger partial charge in [0.2, 0.25) is 5.88 Å². The first-order valence-corrected chi connectivity index (χ1v) is 13.8. The molecule has 0 bridgehead atoms. The van der Waals surface area contributed by atoms with E-state index in [1.807, 2.05) is 0 Å². The average Bonchev–Trinajstić information content (AvgIpc) is 3.54. The number of halogens is 1. The summed E-state index contributed by atoms with van der Waals surface area (Å²) < 4.78 is 38.8. The van der Waals surface area contributed by atoms with E-state index < -0.39 is 29.6 Å². The van der Waals surface area contributed by atoms with Gasteiger partial charge in [0.25, 0.3) is 0 Å². The lowest BCUT2D eigenvalue weighted by molar-refractivity contribution is 0.0500. The van der Waals surface area contributed by atoms with Gasteiger partial charge in [-0.05, 0) is 59.9 Å². The number of nitrogens with zero attached hydrogens (tertiary/aromatic N) is 5. The van der Waals surface area contributed by atoms with Gasteiger partial charge in [-0.2, -0.15) is 5.10 Å². The number of carbonyl (C=O) groups excluding carboxylic acids is 2. The Hall–Kier alpha value is -4.16. The van der Waals surface area contributed by atoms with Crippen molar-refractivity contribution in [1.29, 1.82) is 0 Å². The number of ether oxygens (including phenoxy) is 4. The van der Waals surface area contributed by atoms with Crippen molar-refractivity contribution in [3.8, 4) is 11.6 Å². The van der Waals surface area contributed by atoms with Gasteiger partial charge in [0.05, 0.1) is 44.3 Å². The molecule has 0 spiro atoms. The number of nitrogens with one attached hydrogen (secondary N) is 1. The summed E-state index contributed by atoms with van der Waals surface area (Å²) in [7, 11) is 0. The van der Waals surface area contributed by atoms with E-state index in [0.29, 0.717) is 22.8 Å². The van der Waals surface area contributed by atoms with Crippen molar-refractivity contribution in [3.63, 3.8) is 0 Å². The second kappa shape index (κ2) is 11.4. The molecule has 1 saturated carbocycles. The lowest BCUT2D eigenvalue weighted by Crippen LogP contribution is -2.47. The van der Waals surface area contributed by atoms with Gasteiger partial charge in [-0.3, -0.25) is 0 Å². The minimum absolute atomic E-state index is 0.0196. The normalized spacial score (nSPS) is 18.7. The third kappa shape index (κ3) is 6.28. The van der Waals surface area contributed by atoms with Crippen LogP contribution in [0.5, 0.6) is 11.6 Å². The molecular formula is C28H35FN6O6. The van der Waals surface area contributed by atoms with E-state index in [1.165, 1.54) is 16.8 Å². The molecule has 1 N–H and O–H groups in total. The topological polar surface area (TPSA) is 129 Å². The molecule has 1 aliphatic heterocycles. The molecule has 1 fully saturated rings. The van der Waals surface area contributed by atoms with E-state index in [4.69, 9.17) is 23.9 Å². The van der Waals surface area contributed by atoms with Crippen molar-refractivity contribution >= 4 is 23.5 Å². The van der Waals surface area contributed by atoms with E-state index in [-0.39, 0.29) is 43.3 Å². The minimum atomic E-state index is -0.625. The van der Waals surface area contributed by atoms with E-state index in [1.54, 1.807) is 40.8 Å². The van der Waals surface area contributed by atoms with Crippen LogP contribution in [0.25, 0.3) is 5.65 Å². The van der Waals surface area contributed by atoms with Gasteiger partial charge in [0, 0.05) is 5.56 Å². The van der Waals surface area contributed by atoms with Crippen molar-refractivity contribution < 1.29 is 32.9 Å². The van der Waals surface area contributed by atoms with E-state index in [9.17, 15) is 14.0 Å². The van der Waals surface area contributed by atoms with Crippen molar-refractivity contribution in [2.24, 2.45) is 0 Å². The molecular weight excluding hydrogens is 535 g/mol. The molecule has 0 unspecified atom stereocenters. The lowest BCUT2D eigenvalue weighted by atomic mass is 10.1. The van der Waals surface area contributed by atoms with Crippen LogP contribution in [-0.4, -0.2) is 68.6 Å². The Morgan fingerprint density at radius 2 is 2.07 bits per heavy atom. The maximum Gasteiger partial charge on any atom is 0.407 e. The molecule has 3 aromatic rings. The van der Waals surface area contributed by atoms with Crippen LogP contribution in [0.3, 0.4) is 0 Å². The van der Waals surface area contributed by atoms with Crippen molar-refractivity contribution in [3.05, 3.63) is 41.6 Å². The fourth-order valence-electron chi connectivity index (χ4n) is 5.09. The molecule has 220 valence electrons. The van der Waals surface area contributed by atoms with Crippen molar-refractivity contribution in [2.45, 2.75) is 84.3 Å². The van der Waals surface area contributed by atoms with Gasteiger partial charge in [0.15, 0.2) is 17.2 Å². The Labute approximate surface area is 237 Å². The number of aromatic nitrogens is 4. The summed E-state index contributed by atoms with van der Waals surface area (Å²) in [4.78, 5) is 35.7. The maximum atomic E-state index is 14.5. The summed E-state index contributed by atoms with van der Waals surface area (Å²) in [6, 6.07) is 1.37. The molecule has 12 nitrogen and oxygen atoms in total. The fraction of sp³-hybridized carbons (Fsp3) is 0.536. The fourth-order valence-corrected chi connectivity index (χ4v) is 5.09. The highest BCUT2D eigenvalue weighted by Gasteiger charge is 2.41. The monoisotopic (exact) mass is 570 g/mol. The molecule has 0 saturated heterocycles. The quantitative estimate of drug-likeness (QED) is 0.396. The SMILES string of the molecule is CCOC(=O)c1cnn2cc3c(nc12)N(Cc1cc(F)cnc1O[C@@H](C)CNC(=O)OC(C)(C)C)[C@@H]1CCC[C@@H]1O3. The molecule has 1 aliphatic carbocycles. The molecule has 4 heterocycles. The summed E-state index contributed by atoms with van der Waals surface area (Å²) in [6.07, 6.45) is 5.79. The summed E-state index contributed by atoms with van der Waals surface area (Å²) >= 11 is 0. The smallest absolute Gasteiger partial charge is 0.407 e. The Kier molecular flexibility index (Phi) is 7.87. The van der Waals surface area contributed by atoms with Crippen LogP contribution in [0.2, 0.25) is 0 Å². The molecule has 0 aromatic carbocycles. The third-order valence-corrected chi connectivity index (χ3v) is 6.78. The highest BCUT2D eigenvalue weighted by molar-refractivity contribution is 5.96. The number of alkyl carbamates (subject to hydrolysis) is 1. The second-order valence-corrected chi connectivity index (χ2v) is 11.2. The molecule has 3 aromatic heterocycles. The van der Waals surface area contributed by atoms with Gasteiger partial charge >= 0.3 is 12.1 Å². The number of anilines is 1.